The Morgan fingerprint density at radius 3 is 2.32 bits per heavy atom. The van der Waals surface area contributed by atoms with Gasteiger partial charge in [0.05, 0.1) is 10.9 Å². The Labute approximate surface area is 224 Å². The molecule has 3 aromatic rings. The van der Waals surface area contributed by atoms with Crippen molar-refractivity contribution in [2.75, 3.05) is 0 Å². The minimum absolute atomic E-state index is 0.155. The molecule has 0 N–H and O–H groups in total. The molecule has 5 heteroatoms. The van der Waals surface area contributed by atoms with Crippen LogP contribution in [0.3, 0.4) is 0 Å². The summed E-state index contributed by atoms with van der Waals surface area (Å²) in [7, 11) is 0. The Hall–Kier alpha value is -2.79. The first kappa shape index (κ1) is 24.5. The van der Waals surface area contributed by atoms with Gasteiger partial charge in [-0.15, -0.1) is 0 Å². The molecule has 37 heavy (non-hydrogen) atoms. The summed E-state index contributed by atoms with van der Waals surface area (Å²) in [5.74, 6) is 0.155. The molecule has 2 saturated carbocycles. The molecule has 2 aromatic carbocycles. The summed E-state index contributed by atoms with van der Waals surface area (Å²) in [5.41, 5.74) is 4.61. The second-order valence-electron chi connectivity index (χ2n) is 11.0. The maximum absolute atomic E-state index is 13.8. The van der Waals surface area contributed by atoms with Crippen molar-refractivity contribution < 1.29 is 4.79 Å². The first-order valence-corrected chi connectivity index (χ1v) is 14.9. The number of aryl methyl sites for hydroxylation is 1. The van der Waals surface area contributed by atoms with Crippen molar-refractivity contribution in [3.63, 3.8) is 0 Å². The molecule has 2 aliphatic carbocycles. The highest BCUT2D eigenvalue weighted by Crippen LogP contribution is 2.39. The second-order valence-corrected chi connectivity index (χ2v) is 12.0. The van der Waals surface area contributed by atoms with Crippen molar-refractivity contribution in [3.8, 4) is 5.69 Å². The van der Waals surface area contributed by atoms with Crippen LogP contribution < -0.4 is 0 Å². The number of carbonyl (C=O) groups is 1. The topological polar surface area (TPSA) is 37.6 Å². The van der Waals surface area contributed by atoms with Crippen LogP contribution in [-0.4, -0.2) is 32.6 Å². The molecule has 1 amide bonds. The van der Waals surface area contributed by atoms with Crippen LogP contribution in [0, 0.1) is 13.8 Å². The molecule has 1 aromatic heterocycles. The number of aromatic nitrogens is 1. The van der Waals surface area contributed by atoms with Gasteiger partial charge in [0.15, 0.2) is 5.17 Å². The summed E-state index contributed by atoms with van der Waals surface area (Å²) >= 11 is 1.61. The lowest BCUT2D eigenvalue weighted by Gasteiger charge is -2.31. The van der Waals surface area contributed by atoms with Crippen LogP contribution >= 0.6 is 11.8 Å². The zero-order chi connectivity index (χ0) is 25.4. The first-order valence-electron chi connectivity index (χ1n) is 14.1. The number of rotatable bonds is 4. The fraction of sp³-hybridized carbons (Fsp3) is 0.438. The van der Waals surface area contributed by atoms with E-state index in [2.05, 4.69) is 77.9 Å². The van der Waals surface area contributed by atoms with Crippen molar-refractivity contribution in [1.82, 2.24) is 9.47 Å². The number of benzene rings is 2. The molecule has 6 rings (SSSR count). The summed E-state index contributed by atoms with van der Waals surface area (Å²) < 4.78 is 2.30. The van der Waals surface area contributed by atoms with Crippen LogP contribution in [0.1, 0.15) is 81.2 Å². The standard InChI is InChI=1S/C32H37N3OS/c1-22-19-26(23(2)34(22)29-18-17-24-11-9-10-12-25(24)20-29)21-30-31(36)35(28-15-7-4-8-16-28)32(37-30)33-27-13-5-3-6-14-27/h9-12,17-21,27-28H,3-8,13-16H2,1-2H3. The second kappa shape index (κ2) is 10.5. The van der Waals surface area contributed by atoms with Gasteiger partial charge in [-0.3, -0.25) is 14.7 Å². The van der Waals surface area contributed by atoms with Crippen LogP contribution in [-0.2, 0) is 4.79 Å². The average Bonchev–Trinajstić information content (AvgIpc) is 3.38. The molecule has 0 atom stereocenters. The molecule has 0 unspecified atom stereocenters. The van der Waals surface area contributed by atoms with Crippen molar-refractivity contribution in [2.45, 2.75) is 90.1 Å². The zero-order valence-corrected chi connectivity index (χ0v) is 22.9. The molecule has 3 fully saturated rings. The average molecular weight is 512 g/mol. The third kappa shape index (κ3) is 4.90. The Morgan fingerprint density at radius 2 is 1.57 bits per heavy atom. The van der Waals surface area contributed by atoms with Crippen molar-refractivity contribution in [1.29, 1.82) is 0 Å². The maximum Gasteiger partial charge on any atom is 0.267 e. The number of fused-ring (bicyclic) bond motifs is 1. The van der Waals surface area contributed by atoms with E-state index in [0.717, 1.165) is 52.7 Å². The Bertz CT molecular complexity index is 1370. The summed E-state index contributed by atoms with van der Waals surface area (Å²) in [4.78, 5) is 21.9. The molecule has 3 aliphatic rings. The van der Waals surface area contributed by atoms with Gasteiger partial charge in [0, 0.05) is 23.1 Å². The normalized spacial score (nSPS) is 22.1. The smallest absolute Gasteiger partial charge is 0.267 e. The Morgan fingerprint density at radius 1 is 0.865 bits per heavy atom. The summed E-state index contributed by atoms with van der Waals surface area (Å²) in [6, 6.07) is 18.0. The predicted octanol–water partition coefficient (Wildman–Crippen LogP) is 8.19. The maximum atomic E-state index is 13.8. The van der Waals surface area contributed by atoms with Gasteiger partial charge >= 0.3 is 0 Å². The number of amidine groups is 1. The van der Waals surface area contributed by atoms with Crippen LogP contribution in [0.2, 0.25) is 0 Å². The fourth-order valence-electron chi connectivity index (χ4n) is 6.39. The van der Waals surface area contributed by atoms with Crippen LogP contribution in [0.4, 0.5) is 0 Å². The molecule has 0 bridgehead atoms. The van der Waals surface area contributed by atoms with Crippen molar-refractivity contribution in [3.05, 3.63) is 70.4 Å². The lowest BCUT2D eigenvalue weighted by atomic mass is 9.94. The number of hydrogen-bond donors (Lipinski definition) is 0. The van der Waals surface area contributed by atoms with Crippen LogP contribution in [0.25, 0.3) is 22.5 Å². The van der Waals surface area contributed by atoms with Crippen molar-refractivity contribution >= 4 is 39.7 Å². The lowest BCUT2D eigenvalue weighted by molar-refractivity contribution is -0.124. The first-order chi connectivity index (χ1) is 18.1. The number of amides is 1. The molecular formula is C32H37N3OS. The van der Waals surface area contributed by atoms with E-state index < -0.39 is 0 Å². The van der Waals surface area contributed by atoms with Gasteiger partial charge in [-0.1, -0.05) is 68.9 Å². The predicted molar refractivity (Wildman–Crippen MR) is 156 cm³/mol. The van der Waals surface area contributed by atoms with Crippen LogP contribution in [0.15, 0.2) is 58.4 Å². The lowest BCUT2D eigenvalue weighted by Crippen LogP contribution is -2.41. The molecule has 192 valence electrons. The van der Waals surface area contributed by atoms with Crippen LogP contribution in [0.5, 0.6) is 0 Å². The van der Waals surface area contributed by atoms with Gasteiger partial charge in [0.2, 0.25) is 0 Å². The molecule has 0 spiro atoms. The summed E-state index contributed by atoms with van der Waals surface area (Å²) in [5, 5.41) is 3.44. The van der Waals surface area contributed by atoms with Gasteiger partial charge in [0.25, 0.3) is 5.91 Å². The zero-order valence-electron chi connectivity index (χ0n) is 22.1. The molecule has 0 radical (unpaired) electrons. The number of thioether (sulfide) groups is 1. The van der Waals surface area contributed by atoms with E-state index in [1.807, 2.05) is 0 Å². The highest BCUT2D eigenvalue weighted by molar-refractivity contribution is 8.18. The SMILES string of the molecule is Cc1cc(C=C2SC(=NC3CCCCC3)N(C3CCCCC3)C2=O)c(C)n1-c1ccc2ccccc2c1. The van der Waals surface area contributed by atoms with E-state index in [4.69, 9.17) is 4.99 Å². The minimum Gasteiger partial charge on any atom is -0.318 e. The van der Waals surface area contributed by atoms with E-state index in [0.29, 0.717) is 12.1 Å². The van der Waals surface area contributed by atoms with E-state index in [1.54, 1.807) is 11.8 Å². The van der Waals surface area contributed by atoms with E-state index in [9.17, 15) is 4.79 Å². The molecule has 2 heterocycles. The summed E-state index contributed by atoms with van der Waals surface area (Å²) in [6.07, 6.45) is 14.2. The van der Waals surface area contributed by atoms with E-state index >= 15 is 0 Å². The molecule has 1 aliphatic heterocycles. The van der Waals surface area contributed by atoms with Gasteiger partial charge in [-0.25, -0.2) is 0 Å². The summed E-state index contributed by atoms with van der Waals surface area (Å²) in [6.45, 7) is 4.31. The Balaban J connectivity index is 1.34. The number of hydrogen-bond acceptors (Lipinski definition) is 3. The monoisotopic (exact) mass is 511 g/mol. The third-order valence-electron chi connectivity index (χ3n) is 8.39. The largest absolute Gasteiger partial charge is 0.318 e. The van der Waals surface area contributed by atoms with E-state index in [-0.39, 0.29) is 5.91 Å². The molecular weight excluding hydrogens is 474 g/mol. The molecule has 4 nitrogen and oxygen atoms in total. The van der Waals surface area contributed by atoms with Gasteiger partial charge in [-0.05, 0) is 91.9 Å². The number of aliphatic imine (C=N–C) groups is 1. The number of nitrogens with zero attached hydrogens (tertiary/aromatic N) is 3. The fourth-order valence-corrected chi connectivity index (χ4v) is 7.49. The minimum atomic E-state index is 0.155. The number of carbonyl (C=O) groups excluding carboxylic acids is 1. The Kier molecular flexibility index (Phi) is 6.98. The highest BCUT2D eigenvalue weighted by atomic mass is 32.2. The van der Waals surface area contributed by atoms with Gasteiger partial charge in [0.1, 0.15) is 0 Å². The third-order valence-corrected chi connectivity index (χ3v) is 9.39. The quantitative estimate of drug-likeness (QED) is 0.331. The highest BCUT2D eigenvalue weighted by Gasteiger charge is 2.39. The van der Waals surface area contributed by atoms with Gasteiger partial charge in [-0.2, -0.15) is 0 Å². The van der Waals surface area contributed by atoms with Crippen molar-refractivity contribution in [2.24, 2.45) is 4.99 Å². The van der Waals surface area contributed by atoms with E-state index in [1.165, 1.54) is 55.0 Å². The van der Waals surface area contributed by atoms with Gasteiger partial charge < -0.3 is 4.57 Å². The molecule has 1 saturated heterocycles.